The van der Waals surface area contributed by atoms with Crippen molar-refractivity contribution in [2.24, 2.45) is 0 Å². The fourth-order valence-corrected chi connectivity index (χ4v) is 6.05. The molecule has 0 bridgehead atoms. The molecule has 4 aromatic heterocycles. The Bertz CT molecular complexity index is 1600. The predicted molar refractivity (Wildman–Crippen MR) is 146 cm³/mol. The smallest absolute Gasteiger partial charge is 0.260 e. The number of thiazole rings is 1. The molecule has 2 aliphatic heterocycles. The highest BCUT2D eigenvalue weighted by Gasteiger charge is 2.36. The Hall–Kier alpha value is -3.81. The van der Waals surface area contributed by atoms with Gasteiger partial charge in [-0.05, 0) is 40.2 Å². The molecule has 0 radical (unpaired) electrons. The molecule has 6 rings (SSSR count). The van der Waals surface area contributed by atoms with E-state index in [9.17, 15) is 14.7 Å². The number of nitrogens with zero attached hydrogens (tertiary/aromatic N) is 6. The van der Waals surface area contributed by atoms with Crippen molar-refractivity contribution in [2.75, 3.05) is 30.3 Å². The number of hydrogen-bond acceptors (Lipinski definition) is 9. The molecule has 0 spiro atoms. The van der Waals surface area contributed by atoms with Crippen LogP contribution in [0.2, 0.25) is 0 Å². The number of pyridine rings is 1. The van der Waals surface area contributed by atoms with Crippen molar-refractivity contribution in [3.8, 4) is 16.3 Å². The number of likely N-dealkylation sites (tertiary alicyclic amines) is 1. The Balaban J connectivity index is 1.20. The molecule has 2 amide bonds. The molecule has 0 aromatic carbocycles. The van der Waals surface area contributed by atoms with Crippen LogP contribution < -0.4 is 15.4 Å². The van der Waals surface area contributed by atoms with Crippen LogP contribution in [0.5, 0.6) is 5.88 Å². The highest BCUT2D eigenvalue weighted by molar-refractivity contribution is 7.21. The molecule has 204 valence electrons. The van der Waals surface area contributed by atoms with E-state index < -0.39 is 6.10 Å². The fraction of sp³-hybridized carbons (Fsp3) is 0.423. The topological polar surface area (TPSA) is 139 Å². The lowest BCUT2D eigenvalue weighted by Gasteiger charge is -2.48. The Morgan fingerprint density at radius 2 is 2.05 bits per heavy atom. The largest absolute Gasteiger partial charge is 0.475 e. The molecule has 13 heteroatoms. The van der Waals surface area contributed by atoms with Crippen LogP contribution in [-0.2, 0) is 11.3 Å². The molecule has 1 atom stereocenters. The summed E-state index contributed by atoms with van der Waals surface area (Å²) in [5.74, 6) is 0.153. The van der Waals surface area contributed by atoms with Crippen molar-refractivity contribution in [1.29, 1.82) is 0 Å². The average Bonchev–Trinajstić information content (AvgIpc) is 3.55. The van der Waals surface area contributed by atoms with Gasteiger partial charge in [0.1, 0.15) is 17.5 Å². The number of rotatable bonds is 6. The standard InChI is InChI=1S/C26H30N8O4S/c1-14-19(7-16(8-27-14)29-21(36)12-32-6-5-26(32,3)4)30-23(37)18-9-28-34-11-20(39-25(18)34)22-15(2)31-33-10-17(35)13-38-24(22)33/h7-9,11,17,35H,5-6,10,12-13H2,1-4H3,(H,29,36)(H,30,37). The summed E-state index contributed by atoms with van der Waals surface area (Å²) >= 11 is 1.41. The van der Waals surface area contributed by atoms with E-state index in [4.69, 9.17) is 4.74 Å². The van der Waals surface area contributed by atoms with Crippen molar-refractivity contribution in [1.82, 2.24) is 29.3 Å². The predicted octanol–water partition coefficient (Wildman–Crippen LogP) is 2.70. The molecule has 0 saturated carbocycles. The fourth-order valence-electron chi connectivity index (χ4n) is 4.90. The number of amides is 2. The molecule has 39 heavy (non-hydrogen) atoms. The summed E-state index contributed by atoms with van der Waals surface area (Å²) in [5, 5.41) is 24.6. The number of hydrogen-bond donors (Lipinski definition) is 3. The van der Waals surface area contributed by atoms with Gasteiger partial charge in [0.05, 0.1) is 64.2 Å². The average molecular weight is 551 g/mol. The van der Waals surface area contributed by atoms with Gasteiger partial charge in [-0.2, -0.15) is 10.2 Å². The zero-order chi connectivity index (χ0) is 27.5. The number of aryl methyl sites for hydroxylation is 2. The maximum Gasteiger partial charge on any atom is 0.260 e. The number of aromatic nitrogens is 5. The first-order valence-corrected chi connectivity index (χ1v) is 13.6. The second-order valence-corrected chi connectivity index (χ2v) is 11.7. The minimum Gasteiger partial charge on any atom is -0.475 e. The third-order valence-corrected chi connectivity index (χ3v) is 8.50. The van der Waals surface area contributed by atoms with Gasteiger partial charge in [0.2, 0.25) is 11.8 Å². The summed E-state index contributed by atoms with van der Waals surface area (Å²) in [4.78, 5) is 33.9. The number of fused-ring (bicyclic) bond motifs is 2. The third kappa shape index (κ3) is 4.66. The molecular formula is C26H30N8O4S. The molecule has 1 saturated heterocycles. The maximum atomic E-state index is 13.3. The summed E-state index contributed by atoms with van der Waals surface area (Å²) in [5.41, 5.74) is 3.70. The van der Waals surface area contributed by atoms with E-state index in [0.717, 1.165) is 29.1 Å². The third-order valence-electron chi connectivity index (χ3n) is 7.37. The van der Waals surface area contributed by atoms with E-state index in [1.165, 1.54) is 17.5 Å². The van der Waals surface area contributed by atoms with E-state index >= 15 is 0 Å². The molecule has 4 aromatic rings. The minimum atomic E-state index is -0.599. The summed E-state index contributed by atoms with van der Waals surface area (Å²) in [6.45, 7) is 9.72. The molecule has 0 aliphatic carbocycles. The summed E-state index contributed by atoms with van der Waals surface area (Å²) < 4.78 is 9.10. The van der Waals surface area contributed by atoms with Crippen LogP contribution in [0.3, 0.4) is 0 Å². The summed E-state index contributed by atoms with van der Waals surface area (Å²) in [6.07, 6.45) is 5.43. The highest BCUT2D eigenvalue weighted by Crippen LogP contribution is 2.40. The Morgan fingerprint density at radius 3 is 2.79 bits per heavy atom. The zero-order valence-corrected chi connectivity index (χ0v) is 23.0. The molecule has 1 fully saturated rings. The first-order chi connectivity index (χ1) is 18.6. The van der Waals surface area contributed by atoms with Gasteiger partial charge in [-0.25, -0.2) is 9.20 Å². The zero-order valence-electron chi connectivity index (χ0n) is 22.2. The van der Waals surface area contributed by atoms with E-state index in [1.807, 2.05) is 13.1 Å². The minimum absolute atomic E-state index is 0.0341. The summed E-state index contributed by atoms with van der Waals surface area (Å²) in [6, 6.07) is 1.72. The maximum absolute atomic E-state index is 13.3. The van der Waals surface area contributed by atoms with E-state index in [0.29, 0.717) is 46.4 Å². The SMILES string of the molecule is Cc1ncc(NC(=O)CN2CCC2(C)C)cc1NC(=O)c1cnn2cc(-c3c(C)nn4c3OCC(O)C4)sc12. The van der Waals surface area contributed by atoms with Gasteiger partial charge in [-0.15, -0.1) is 11.3 Å². The highest BCUT2D eigenvalue weighted by atomic mass is 32.1. The van der Waals surface area contributed by atoms with Crippen molar-refractivity contribution in [3.63, 3.8) is 0 Å². The number of nitrogens with one attached hydrogen (secondary N) is 2. The number of aliphatic hydroxyl groups excluding tert-OH is 1. The van der Waals surface area contributed by atoms with Crippen LogP contribution in [0, 0.1) is 13.8 Å². The van der Waals surface area contributed by atoms with Gasteiger partial charge in [0, 0.05) is 18.3 Å². The Labute approximate surface area is 228 Å². The van der Waals surface area contributed by atoms with Crippen LogP contribution in [-0.4, -0.2) is 77.5 Å². The van der Waals surface area contributed by atoms with Gasteiger partial charge < -0.3 is 20.5 Å². The van der Waals surface area contributed by atoms with Crippen molar-refractivity contribution in [2.45, 2.75) is 52.3 Å². The Morgan fingerprint density at radius 1 is 1.23 bits per heavy atom. The number of carbonyl (C=O) groups is 2. The number of ether oxygens (including phenoxy) is 1. The Kier molecular flexibility index (Phi) is 6.16. The molecule has 2 aliphatic rings. The van der Waals surface area contributed by atoms with Gasteiger partial charge in [-0.1, -0.05) is 0 Å². The van der Waals surface area contributed by atoms with E-state index in [2.05, 4.69) is 44.6 Å². The normalized spacial score (nSPS) is 18.3. The number of anilines is 2. The van der Waals surface area contributed by atoms with Crippen molar-refractivity contribution >= 4 is 39.4 Å². The molecular weight excluding hydrogens is 520 g/mol. The second-order valence-electron chi connectivity index (χ2n) is 10.7. The van der Waals surface area contributed by atoms with Crippen LogP contribution >= 0.6 is 11.3 Å². The van der Waals surface area contributed by atoms with Gasteiger partial charge >= 0.3 is 0 Å². The van der Waals surface area contributed by atoms with Gasteiger partial charge in [0.15, 0.2) is 0 Å². The van der Waals surface area contributed by atoms with Crippen LogP contribution in [0.4, 0.5) is 11.4 Å². The van der Waals surface area contributed by atoms with E-state index in [1.54, 1.807) is 28.4 Å². The lowest BCUT2D eigenvalue weighted by molar-refractivity contribution is -0.121. The molecule has 6 heterocycles. The quantitative estimate of drug-likeness (QED) is 0.333. The van der Waals surface area contributed by atoms with Crippen LogP contribution in [0.1, 0.15) is 42.0 Å². The molecule has 12 nitrogen and oxygen atoms in total. The molecule has 3 N–H and O–H groups in total. The molecule has 1 unspecified atom stereocenters. The first kappa shape index (κ1) is 25.5. The van der Waals surface area contributed by atoms with Crippen LogP contribution in [0.25, 0.3) is 15.3 Å². The van der Waals surface area contributed by atoms with Gasteiger partial charge in [0.25, 0.3) is 5.91 Å². The monoisotopic (exact) mass is 550 g/mol. The second kappa shape index (κ2) is 9.43. The van der Waals surface area contributed by atoms with Crippen molar-refractivity contribution in [3.05, 3.63) is 41.6 Å². The van der Waals surface area contributed by atoms with Crippen molar-refractivity contribution < 1.29 is 19.4 Å². The first-order valence-electron chi connectivity index (χ1n) is 12.8. The summed E-state index contributed by atoms with van der Waals surface area (Å²) in [7, 11) is 0. The van der Waals surface area contributed by atoms with Gasteiger partial charge in [-0.3, -0.25) is 19.5 Å². The van der Waals surface area contributed by atoms with Crippen LogP contribution in [0.15, 0.2) is 24.7 Å². The lowest BCUT2D eigenvalue weighted by atomic mass is 9.89. The van der Waals surface area contributed by atoms with E-state index in [-0.39, 0.29) is 24.0 Å². The number of carbonyl (C=O) groups excluding carboxylic acids is 2. The lowest BCUT2D eigenvalue weighted by Crippen LogP contribution is -2.57. The number of aliphatic hydroxyl groups is 1.